The van der Waals surface area contributed by atoms with Gasteiger partial charge in [0, 0.05) is 23.0 Å². The number of carbonyl (C=O) groups excluding carboxylic acids is 2. The Labute approximate surface area is 191 Å². The fourth-order valence-corrected chi connectivity index (χ4v) is 3.24. The predicted octanol–water partition coefficient (Wildman–Crippen LogP) is 5.35. The molecule has 11 heteroatoms. The molecule has 0 aliphatic carbocycles. The second-order valence-electron chi connectivity index (χ2n) is 7.46. The van der Waals surface area contributed by atoms with Gasteiger partial charge in [-0.1, -0.05) is 30.3 Å². The van der Waals surface area contributed by atoms with E-state index in [1.54, 1.807) is 6.07 Å². The molecule has 0 fully saturated rings. The Hall–Kier alpha value is -4.28. The number of para-hydroxylation sites is 1. The van der Waals surface area contributed by atoms with Crippen molar-refractivity contribution in [1.29, 1.82) is 0 Å². The Balaban J connectivity index is 1.66. The van der Waals surface area contributed by atoms with Crippen LogP contribution >= 0.6 is 0 Å². The summed E-state index contributed by atoms with van der Waals surface area (Å²) in [6.45, 7) is 1.87. The molecule has 2 aromatic carbocycles. The summed E-state index contributed by atoms with van der Waals surface area (Å²) in [6.07, 6.45) is -3.43. The van der Waals surface area contributed by atoms with Gasteiger partial charge in [-0.3, -0.25) is 4.79 Å². The first-order valence-corrected chi connectivity index (χ1v) is 9.98. The molecule has 0 saturated heterocycles. The van der Waals surface area contributed by atoms with Gasteiger partial charge in [0.1, 0.15) is 0 Å². The number of nitrogens with zero attached hydrogens (tertiary/aromatic N) is 3. The third-order valence-electron chi connectivity index (χ3n) is 5.18. The van der Waals surface area contributed by atoms with Gasteiger partial charge in [0.25, 0.3) is 5.91 Å². The lowest BCUT2D eigenvalue weighted by atomic mass is 10.00. The Kier molecular flexibility index (Phi) is 5.78. The molecule has 174 valence electrons. The number of esters is 1. The van der Waals surface area contributed by atoms with Crippen molar-refractivity contribution in [1.82, 2.24) is 4.98 Å². The number of aryl methyl sites for hydroxylation is 1. The Morgan fingerprint density at radius 2 is 1.71 bits per heavy atom. The second kappa shape index (κ2) is 8.58. The molecule has 0 atom stereocenters. The van der Waals surface area contributed by atoms with Crippen LogP contribution in [0, 0.1) is 6.92 Å². The van der Waals surface area contributed by atoms with Crippen molar-refractivity contribution in [3.05, 3.63) is 83.0 Å². The average Bonchev–Trinajstić information content (AvgIpc) is 3.63. The highest BCUT2D eigenvalue weighted by Gasteiger charge is 2.65. The molecule has 0 bridgehead atoms. The summed E-state index contributed by atoms with van der Waals surface area (Å²) in [4.78, 5) is 29.2. The number of hydrogen-bond donors (Lipinski definition) is 2. The monoisotopic (exact) mass is 469 g/mol. The zero-order valence-corrected chi connectivity index (χ0v) is 18.0. The van der Waals surface area contributed by atoms with E-state index < -0.39 is 23.7 Å². The molecule has 3 aromatic rings. The van der Waals surface area contributed by atoms with Crippen molar-refractivity contribution < 1.29 is 27.5 Å². The van der Waals surface area contributed by atoms with Crippen LogP contribution in [0.1, 0.15) is 31.8 Å². The number of amides is 1. The number of pyridine rings is 1. The van der Waals surface area contributed by atoms with Crippen LogP contribution in [0.25, 0.3) is 0 Å². The maximum Gasteiger partial charge on any atom is 0.442 e. The number of halogens is 3. The molecule has 0 saturated carbocycles. The lowest BCUT2D eigenvalue weighted by molar-refractivity contribution is -0.166. The number of rotatable bonds is 6. The molecule has 4 rings (SSSR count). The standard InChI is InChI=1S/C23H18F3N5O3/c1-13-6-3-4-9-17(13)28-19-18(11-15(12-27-19)21(33)34-2)29-20(32)14-7-5-8-16(10-14)22(30-31-22)23(24,25)26/h3-12H,1-2H3,(H,27,28)(H,29,32). The summed E-state index contributed by atoms with van der Waals surface area (Å²) < 4.78 is 44.8. The van der Waals surface area contributed by atoms with Gasteiger partial charge in [0.2, 0.25) is 0 Å². The summed E-state index contributed by atoms with van der Waals surface area (Å²) in [5, 5.41) is 12.0. The maximum atomic E-state index is 13.4. The van der Waals surface area contributed by atoms with Crippen molar-refractivity contribution in [3.8, 4) is 0 Å². The van der Waals surface area contributed by atoms with Gasteiger partial charge in [0.05, 0.1) is 18.4 Å². The third kappa shape index (κ3) is 4.32. The van der Waals surface area contributed by atoms with Gasteiger partial charge in [-0.25, -0.2) is 9.78 Å². The first kappa shape index (κ1) is 22.9. The molecule has 2 heterocycles. The van der Waals surface area contributed by atoms with Crippen LogP contribution in [0.5, 0.6) is 0 Å². The first-order valence-electron chi connectivity index (χ1n) is 9.98. The summed E-state index contributed by atoms with van der Waals surface area (Å²) in [5.74, 6) is -1.15. The van der Waals surface area contributed by atoms with E-state index in [2.05, 4.69) is 25.8 Å². The summed E-state index contributed by atoms with van der Waals surface area (Å²) in [6, 6.07) is 13.7. The smallest absolute Gasteiger partial charge is 0.442 e. The van der Waals surface area contributed by atoms with Crippen molar-refractivity contribution in [2.24, 2.45) is 10.2 Å². The molecule has 1 amide bonds. The first-order chi connectivity index (χ1) is 16.1. The number of aromatic nitrogens is 1. The van der Waals surface area contributed by atoms with Gasteiger partial charge >= 0.3 is 17.8 Å². The van der Waals surface area contributed by atoms with E-state index in [-0.39, 0.29) is 28.2 Å². The van der Waals surface area contributed by atoms with Crippen molar-refractivity contribution in [2.75, 3.05) is 17.7 Å². The van der Waals surface area contributed by atoms with E-state index in [4.69, 9.17) is 4.74 Å². The number of carbonyl (C=O) groups is 2. The average molecular weight is 469 g/mol. The minimum absolute atomic E-state index is 0.0521. The number of benzene rings is 2. The zero-order chi connectivity index (χ0) is 24.5. The van der Waals surface area contributed by atoms with Crippen LogP contribution in [-0.2, 0) is 10.4 Å². The number of nitrogens with one attached hydrogen (secondary N) is 2. The van der Waals surface area contributed by atoms with E-state index in [0.717, 1.165) is 11.6 Å². The van der Waals surface area contributed by atoms with Crippen molar-refractivity contribution >= 4 is 29.1 Å². The molecule has 8 nitrogen and oxygen atoms in total. The molecule has 0 unspecified atom stereocenters. The number of alkyl halides is 3. The van der Waals surface area contributed by atoms with Crippen LogP contribution in [0.4, 0.5) is 30.4 Å². The summed E-state index contributed by atoms with van der Waals surface area (Å²) in [5.41, 5.74) is -1.15. The highest BCUT2D eigenvalue weighted by molar-refractivity contribution is 6.06. The van der Waals surface area contributed by atoms with Crippen LogP contribution in [-0.4, -0.2) is 30.1 Å². The van der Waals surface area contributed by atoms with E-state index >= 15 is 0 Å². The SMILES string of the molecule is COC(=O)c1cnc(Nc2ccccc2C)c(NC(=O)c2cccc(C3(C(F)(F)F)N=N3)c2)c1. The molecular weight excluding hydrogens is 451 g/mol. The lowest BCUT2D eigenvalue weighted by Gasteiger charge is -2.16. The summed E-state index contributed by atoms with van der Waals surface area (Å²) in [7, 11) is 1.20. The van der Waals surface area contributed by atoms with Crippen LogP contribution in [0.2, 0.25) is 0 Å². The fourth-order valence-electron chi connectivity index (χ4n) is 3.24. The zero-order valence-electron chi connectivity index (χ0n) is 18.0. The van der Waals surface area contributed by atoms with E-state index in [1.807, 2.05) is 25.1 Å². The quantitative estimate of drug-likeness (QED) is 0.474. The summed E-state index contributed by atoms with van der Waals surface area (Å²) >= 11 is 0. The normalized spacial score (nSPS) is 13.8. The topological polar surface area (TPSA) is 105 Å². The Bertz CT molecular complexity index is 1300. The van der Waals surface area contributed by atoms with Gasteiger partial charge < -0.3 is 15.4 Å². The predicted molar refractivity (Wildman–Crippen MR) is 117 cm³/mol. The number of anilines is 3. The minimum atomic E-state index is -4.72. The Morgan fingerprint density at radius 3 is 2.35 bits per heavy atom. The molecule has 34 heavy (non-hydrogen) atoms. The molecule has 1 aliphatic rings. The lowest BCUT2D eigenvalue weighted by Crippen LogP contribution is -2.30. The fraction of sp³-hybridized carbons (Fsp3) is 0.174. The largest absolute Gasteiger partial charge is 0.465 e. The highest BCUT2D eigenvalue weighted by atomic mass is 19.4. The molecule has 0 spiro atoms. The molecule has 2 N–H and O–H groups in total. The Morgan fingerprint density at radius 1 is 0.971 bits per heavy atom. The van der Waals surface area contributed by atoms with E-state index in [9.17, 15) is 22.8 Å². The van der Waals surface area contributed by atoms with Gasteiger partial charge in [-0.05, 0) is 36.8 Å². The van der Waals surface area contributed by atoms with E-state index in [0.29, 0.717) is 5.69 Å². The number of methoxy groups -OCH3 is 1. The minimum Gasteiger partial charge on any atom is -0.465 e. The number of ether oxygens (including phenoxy) is 1. The highest BCUT2D eigenvalue weighted by Crippen LogP contribution is 2.52. The van der Waals surface area contributed by atoms with Gasteiger partial charge in [-0.15, -0.1) is 10.2 Å². The molecule has 1 aromatic heterocycles. The van der Waals surface area contributed by atoms with Crippen molar-refractivity contribution in [2.45, 2.75) is 18.8 Å². The second-order valence-corrected chi connectivity index (χ2v) is 7.46. The molecule has 1 aliphatic heterocycles. The molecule has 0 radical (unpaired) electrons. The van der Waals surface area contributed by atoms with E-state index in [1.165, 1.54) is 37.6 Å². The molecular formula is C23H18F3N5O3. The van der Waals surface area contributed by atoms with Crippen LogP contribution in [0.15, 0.2) is 71.0 Å². The van der Waals surface area contributed by atoms with Crippen molar-refractivity contribution in [3.63, 3.8) is 0 Å². The third-order valence-corrected chi connectivity index (χ3v) is 5.18. The van der Waals surface area contributed by atoms with Gasteiger partial charge in [0.15, 0.2) is 5.82 Å². The number of hydrogen-bond acceptors (Lipinski definition) is 7. The van der Waals surface area contributed by atoms with Crippen LogP contribution in [0.3, 0.4) is 0 Å². The van der Waals surface area contributed by atoms with Gasteiger partial charge in [-0.2, -0.15) is 13.2 Å². The maximum absolute atomic E-state index is 13.4. The van der Waals surface area contributed by atoms with Crippen LogP contribution < -0.4 is 10.6 Å².